The van der Waals surface area contributed by atoms with Gasteiger partial charge in [-0.15, -0.1) is 10.2 Å². The fourth-order valence-electron chi connectivity index (χ4n) is 2.36. The number of hydrogen-bond donors (Lipinski definition) is 1. The van der Waals surface area contributed by atoms with Crippen molar-refractivity contribution in [2.24, 2.45) is 0 Å². The second-order valence-electron chi connectivity index (χ2n) is 5.69. The molecule has 0 amide bonds. The van der Waals surface area contributed by atoms with Crippen molar-refractivity contribution in [2.75, 3.05) is 54.8 Å². The standard InChI is InChI=1S/C14H20N8O2S/c1-20(2)25(23,24)19-12-4-5-13(18-17-12)21-8-10-22(11-9-21)14-15-6-3-7-16-14/h3-7H,8-11H2,1-2H3,(H,17,19). The topological polar surface area (TPSA) is 107 Å². The minimum absolute atomic E-state index is 0.189. The van der Waals surface area contributed by atoms with E-state index in [2.05, 4.69) is 34.7 Å². The van der Waals surface area contributed by atoms with Gasteiger partial charge < -0.3 is 9.80 Å². The number of nitrogens with zero attached hydrogens (tertiary/aromatic N) is 7. The zero-order valence-electron chi connectivity index (χ0n) is 14.1. The molecule has 134 valence electrons. The minimum atomic E-state index is -3.58. The normalized spacial score (nSPS) is 15.5. The summed E-state index contributed by atoms with van der Waals surface area (Å²) in [7, 11) is -0.691. The van der Waals surface area contributed by atoms with E-state index in [-0.39, 0.29) is 5.82 Å². The molecule has 0 atom stereocenters. The molecule has 2 aromatic heterocycles. The van der Waals surface area contributed by atoms with E-state index in [4.69, 9.17) is 0 Å². The van der Waals surface area contributed by atoms with Crippen LogP contribution in [-0.2, 0) is 10.2 Å². The Bertz CT molecular complexity index is 789. The van der Waals surface area contributed by atoms with E-state index in [0.29, 0.717) is 5.82 Å². The SMILES string of the molecule is CN(C)S(=O)(=O)Nc1ccc(N2CCN(c3ncccn3)CC2)nn1. The molecular weight excluding hydrogens is 344 g/mol. The van der Waals surface area contributed by atoms with Gasteiger partial charge in [0.25, 0.3) is 0 Å². The lowest BCUT2D eigenvalue weighted by molar-refractivity contribution is 0.526. The molecule has 25 heavy (non-hydrogen) atoms. The molecule has 11 heteroatoms. The molecule has 1 N–H and O–H groups in total. The first-order valence-corrected chi connectivity index (χ1v) is 9.20. The van der Waals surface area contributed by atoms with Crippen molar-refractivity contribution in [1.29, 1.82) is 0 Å². The first-order chi connectivity index (χ1) is 12.0. The highest BCUT2D eigenvalue weighted by molar-refractivity contribution is 7.90. The maximum absolute atomic E-state index is 11.8. The van der Waals surface area contributed by atoms with Crippen molar-refractivity contribution in [2.45, 2.75) is 0 Å². The lowest BCUT2D eigenvalue weighted by Gasteiger charge is -2.35. The molecule has 1 saturated heterocycles. The number of aromatic nitrogens is 4. The van der Waals surface area contributed by atoms with Crippen LogP contribution in [0.3, 0.4) is 0 Å². The summed E-state index contributed by atoms with van der Waals surface area (Å²) in [5.74, 6) is 1.62. The molecule has 1 aliphatic heterocycles. The third kappa shape index (κ3) is 4.12. The molecule has 2 aromatic rings. The van der Waals surface area contributed by atoms with E-state index in [1.165, 1.54) is 14.1 Å². The summed E-state index contributed by atoms with van der Waals surface area (Å²) >= 11 is 0. The van der Waals surface area contributed by atoms with Gasteiger partial charge in [0.15, 0.2) is 11.6 Å². The predicted octanol–water partition coefficient (Wildman–Crippen LogP) is -0.188. The van der Waals surface area contributed by atoms with Crippen LogP contribution >= 0.6 is 0 Å². The highest BCUT2D eigenvalue weighted by Gasteiger charge is 2.20. The van der Waals surface area contributed by atoms with Gasteiger partial charge >= 0.3 is 10.2 Å². The number of hydrogen-bond acceptors (Lipinski definition) is 8. The van der Waals surface area contributed by atoms with Crippen molar-refractivity contribution < 1.29 is 8.42 Å². The van der Waals surface area contributed by atoms with Crippen LogP contribution in [0.4, 0.5) is 17.6 Å². The molecule has 0 saturated carbocycles. The van der Waals surface area contributed by atoms with E-state index >= 15 is 0 Å². The van der Waals surface area contributed by atoms with E-state index in [9.17, 15) is 8.42 Å². The maximum Gasteiger partial charge on any atom is 0.302 e. The van der Waals surface area contributed by atoms with E-state index in [1.807, 2.05) is 0 Å². The van der Waals surface area contributed by atoms with Gasteiger partial charge in [-0.05, 0) is 18.2 Å². The van der Waals surface area contributed by atoms with Crippen LogP contribution in [0.2, 0.25) is 0 Å². The summed E-state index contributed by atoms with van der Waals surface area (Å²) in [5, 5.41) is 8.08. The maximum atomic E-state index is 11.8. The highest BCUT2D eigenvalue weighted by Crippen LogP contribution is 2.17. The zero-order valence-corrected chi connectivity index (χ0v) is 14.9. The van der Waals surface area contributed by atoms with Gasteiger partial charge in [0.1, 0.15) is 0 Å². The Balaban J connectivity index is 1.61. The van der Waals surface area contributed by atoms with E-state index in [1.54, 1.807) is 30.6 Å². The van der Waals surface area contributed by atoms with Crippen LogP contribution in [0.5, 0.6) is 0 Å². The highest BCUT2D eigenvalue weighted by atomic mass is 32.2. The van der Waals surface area contributed by atoms with Crippen LogP contribution in [0.25, 0.3) is 0 Å². The summed E-state index contributed by atoms with van der Waals surface area (Å²) in [5.41, 5.74) is 0. The monoisotopic (exact) mass is 364 g/mol. The Morgan fingerprint density at radius 1 is 1.00 bits per heavy atom. The van der Waals surface area contributed by atoms with Gasteiger partial charge in [0.05, 0.1) is 0 Å². The molecule has 0 unspecified atom stereocenters. The zero-order chi connectivity index (χ0) is 17.9. The fourth-order valence-corrected chi connectivity index (χ4v) is 2.92. The van der Waals surface area contributed by atoms with Crippen molar-refractivity contribution in [3.05, 3.63) is 30.6 Å². The Hall–Kier alpha value is -2.53. The average Bonchev–Trinajstić information content (AvgIpc) is 2.63. The molecule has 10 nitrogen and oxygen atoms in total. The largest absolute Gasteiger partial charge is 0.352 e. The average molecular weight is 364 g/mol. The molecule has 0 aromatic carbocycles. The van der Waals surface area contributed by atoms with Crippen molar-refractivity contribution in [1.82, 2.24) is 24.5 Å². The Morgan fingerprint density at radius 3 is 2.20 bits per heavy atom. The van der Waals surface area contributed by atoms with E-state index < -0.39 is 10.2 Å². The van der Waals surface area contributed by atoms with Gasteiger partial charge in [0.2, 0.25) is 5.95 Å². The summed E-state index contributed by atoms with van der Waals surface area (Å²) in [6.07, 6.45) is 3.46. The van der Waals surface area contributed by atoms with Gasteiger partial charge in [0, 0.05) is 52.7 Å². The number of piperazine rings is 1. The Morgan fingerprint density at radius 2 is 1.64 bits per heavy atom. The quantitative estimate of drug-likeness (QED) is 0.778. The summed E-state index contributed by atoms with van der Waals surface area (Å²) in [4.78, 5) is 12.7. The second-order valence-corrected chi connectivity index (χ2v) is 7.57. The molecule has 1 aliphatic rings. The van der Waals surface area contributed by atoms with Gasteiger partial charge in [-0.25, -0.2) is 9.97 Å². The summed E-state index contributed by atoms with van der Waals surface area (Å²) in [6.45, 7) is 3.08. The first-order valence-electron chi connectivity index (χ1n) is 7.76. The van der Waals surface area contributed by atoms with Gasteiger partial charge in [-0.3, -0.25) is 4.72 Å². The molecular formula is C14H20N8O2S. The Labute approximate surface area is 146 Å². The Kier molecular flexibility index (Phi) is 4.95. The summed E-state index contributed by atoms with van der Waals surface area (Å²) < 4.78 is 27.0. The van der Waals surface area contributed by atoms with Crippen molar-refractivity contribution in [3.63, 3.8) is 0 Å². The fraction of sp³-hybridized carbons (Fsp3) is 0.429. The molecule has 0 bridgehead atoms. The lowest BCUT2D eigenvalue weighted by atomic mass is 10.3. The van der Waals surface area contributed by atoms with Gasteiger partial charge in [-0.1, -0.05) is 0 Å². The third-order valence-corrected chi connectivity index (χ3v) is 5.23. The van der Waals surface area contributed by atoms with Crippen LogP contribution in [0, 0.1) is 0 Å². The van der Waals surface area contributed by atoms with Crippen molar-refractivity contribution in [3.8, 4) is 0 Å². The smallest absolute Gasteiger partial charge is 0.302 e. The molecule has 3 rings (SSSR count). The summed E-state index contributed by atoms with van der Waals surface area (Å²) in [6, 6.07) is 5.16. The molecule has 0 radical (unpaired) electrons. The minimum Gasteiger partial charge on any atom is -0.352 e. The molecule has 3 heterocycles. The molecule has 0 aliphatic carbocycles. The third-order valence-electron chi connectivity index (χ3n) is 3.80. The number of nitrogens with one attached hydrogen (secondary N) is 1. The first kappa shape index (κ1) is 17.3. The second kappa shape index (κ2) is 7.15. The van der Waals surface area contributed by atoms with E-state index in [0.717, 1.165) is 36.4 Å². The molecule has 0 spiro atoms. The molecule has 1 fully saturated rings. The van der Waals surface area contributed by atoms with Crippen LogP contribution in [0.15, 0.2) is 30.6 Å². The van der Waals surface area contributed by atoms with Crippen LogP contribution < -0.4 is 14.5 Å². The predicted molar refractivity (Wildman–Crippen MR) is 94.7 cm³/mol. The van der Waals surface area contributed by atoms with Crippen molar-refractivity contribution >= 4 is 27.8 Å². The lowest BCUT2D eigenvalue weighted by Crippen LogP contribution is -2.47. The van der Waals surface area contributed by atoms with Gasteiger partial charge in [-0.2, -0.15) is 12.7 Å². The van der Waals surface area contributed by atoms with Crippen LogP contribution in [-0.4, -0.2) is 73.2 Å². The van der Waals surface area contributed by atoms with Crippen LogP contribution in [0.1, 0.15) is 0 Å². The number of anilines is 3. The number of rotatable bonds is 5.